The molecule has 1 amide bonds. The van der Waals surface area contributed by atoms with Crippen LogP contribution in [0.25, 0.3) is 0 Å². The first kappa shape index (κ1) is 20.5. The Kier molecular flexibility index (Phi) is 5.65. The Hall–Kier alpha value is -3.26. The van der Waals surface area contributed by atoms with Crippen LogP contribution in [0.5, 0.6) is 0 Å². The van der Waals surface area contributed by atoms with Crippen LogP contribution >= 0.6 is 0 Å². The van der Waals surface area contributed by atoms with E-state index >= 15 is 0 Å². The first-order valence-electron chi connectivity index (χ1n) is 8.97. The van der Waals surface area contributed by atoms with Crippen molar-refractivity contribution in [2.24, 2.45) is 0 Å². The molecule has 0 atom stereocenters. The lowest BCUT2D eigenvalue weighted by Gasteiger charge is -2.16. The number of para-hydroxylation sites is 1. The third-order valence-corrected chi connectivity index (χ3v) is 5.43. The molecule has 0 fully saturated rings. The Labute approximate surface area is 170 Å². The average Bonchev–Trinajstić information content (AvgIpc) is 2.68. The number of nitrogens with one attached hydrogen (secondary N) is 2. The minimum absolute atomic E-state index is 0.0655. The fourth-order valence-corrected chi connectivity index (χ4v) is 3.55. The maximum absolute atomic E-state index is 12.5. The lowest BCUT2D eigenvalue weighted by atomic mass is 9.96. The van der Waals surface area contributed by atoms with E-state index in [-0.39, 0.29) is 16.2 Å². The molecule has 2 aromatic carbocycles. The second-order valence-corrected chi connectivity index (χ2v) is 9.18. The summed E-state index contributed by atoms with van der Waals surface area (Å²) in [6.45, 7) is 6.01. The second-order valence-electron chi connectivity index (χ2n) is 7.50. The van der Waals surface area contributed by atoms with Gasteiger partial charge in [0.2, 0.25) is 0 Å². The molecule has 150 valence electrons. The predicted molar refractivity (Wildman–Crippen MR) is 112 cm³/mol. The number of carbonyl (C=O) groups is 1. The molecular formula is C21H22N4O3S. The summed E-state index contributed by atoms with van der Waals surface area (Å²) in [6, 6.07) is 14.3. The quantitative estimate of drug-likeness (QED) is 0.666. The number of amides is 1. The lowest BCUT2D eigenvalue weighted by molar-refractivity contribution is 0.102. The lowest BCUT2D eigenvalue weighted by Crippen LogP contribution is -2.17. The van der Waals surface area contributed by atoms with E-state index in [2.05, 4.69) is 20.0 Å². The van der Waals surface area contributed by atoms with Gasteiger partial charge in [0, 0.05) is 16.7 Å². The van der Waals surface area contributed by atoms with E-state index in [1.54, 1.807) is 42.7 Å². The van der Waals surface area contributed by atoms with Crippen molar-refractivity contribution in [3.8, 4) is 0 Å². The minimum atomic E-state index is -3.74. The van der Waals surface area contributed by atoms with Crippen molar-refractivity contribution in [2.45, 2.75) is 31.1 Å². The van der Waals surface area contributed by atoms with Gasteiger partial charge in [-0.2, -0.15) is 0 Å². The van der Waals surface area contributed by atoms with Crippen molar-refractivity contribution in [2.75, 3.05) is 10.0 Å². The van der Waals surface area contributed by atoms with Gasteiger partial charge >= 0.3 is 0 Å². The highest BCUT2D eigenvalue weighted by atomic mass is 32.2. The summed E-state index contributed by atoms with van der Waals surface area (Å²) < 4.78 is 27.4. The molecule has 3 rings (SSSR count). The summed E-state index contributed by atoms with van der Waals surface area (Å²) in [5, 5.41) is 2.71. The van der Waals surface area contributed by atoms with Gasteiger partial charge in [-0.25, -0.2) is 18.4 Å². The molecule has 0 aliphatic rings. The fourth-order valence-electron chi connectivity index (χ4n) is 2.49. The van der Waals surface area contributed by atoms with E-state index in [0.717, 1.165) is 0 Å². The molecule has 0 unspecified atom stereocenters. The molecule has 0 saturated heterocycles. The summed E-state index contributed by atoms with van der Waals surface area (Å²) in [5.41, 5.74) is 1.07. The number of nitrogens with zero attached hydrogens (tertiary/aromatic N) is 2. The van der Waals surface area contributed by atoms with Gasteiger partial charge in [0.25, 0.3) is 15.9 Å². The summed E-state index contributed by atoms with van der Waals surface area (Å²) in [6.07, 6.45) is 3.10. The third kappa shape index (κ3) is 5.17. The van der Waals surface area contributed by atoms with E-state index in [4.69, 9.17) is 0 Å². The highest BCUT2D eigenvalue weighted by Crippen LogP contribution is 2.19. The maximum atomic E-state index is 12.5. The van der Waals surface area contributed by atoms with Crippen LogP contribution in [0.1, 0.15) is 37.0 Å². The number of sulfonamides is 1. The average molecular weight is 410 g/mol. The van der Waals surface area contributed by atoms with E-state index in [1.807, 2.05) is 20.8 Å². The maximum Gasteiger partial charge on any atom is 0.261 e. The number of carbonyl (C=O) groups excluding carboxylic acids is 1. The van der Waals surface area contributed by atoms with Gasteiger partial charge in [0.05, 0.1) is 23.0 Å². The van der Waals surface area contributed by atoms with Crippen LogP contribution in [0.3, 0.4) is 0 Å². The van der Waals surface area contributed by atoms with Crippen molar-refractivity contribution < 1.29 is 13.2 Å². The predicted octanol–water partition coefficient (Wildman–Crippen LogP) is 3.83. The van der Waals surface area contributed by atoms with Gasteiger partial charge in [-0.3, -0.25) is 9.52 Å². The molecule has 1 aromatic heterocycles. The van der Waals surface area contributed by atoms with Gasteiger partial charge < -0.3 is 5.32 Å². The van der Waals surface area contributed by atoms with Crippen LogP contribution in [0, 0.1) is 0 Å². The molecule has 1 heterocycles. The first-order chi connectivity index (χ1) is 13.6. The molecule has 0 bridgehead atoms. The monoisotopic (exact) mass is 410 g/mol. The molecule has 7 nitrogen and oxygen atoms in total. The minimum Gasteiger partial charge on any atom is -0.319 e. The zero-order chi connectivity index (χ0) is 21.1. The molecule has 2 N–H and O–H groups in total. The molecule has 29 heavy (non-hydrogen) atoms. The van der Waals surface area contributed by atoms with Gasteiger partial charge in [-0.15, -0.1) is 0 Å². The number of hydrogen-bond acceptors (Lipinski definition) is 5. The number of rotatable bonds is 5. The number of aromatic nitrogens is 2. The first-order valence-corrected chi connectivity index (χ1v) is 10.5. The van der Waals surface area contributed by atoms with Gasteiger partial charge in [0.1, 0.15) is 5.82 Å². The Morgan fingerprint density at radius 3 is 2.00 bits per heavy atom. The van der Waals surface area contributed by atoms with Crippen LogP contribution in [-0.4, -0.2) is 24.3 Å². The number of anilines is 2. The summed E-state index contributed by atoms with van der Waals surface area (Å²) >= 11 is 0. The van der Waals surface area contributed by atoms with Crippen LogP contribution in [0.15, 0.2) is 71.9 Å². The SMILES string of the molecule is CC(C)(C)c1ncc(NC(=O)c2ccc(S(=O)(=O)Nc3ccccc3)cc2)cn1. The van der Waals surface area contributed by atoms with Gasteiger partial charge in [-0.05, 0) is 36.4 Å². The zero-order valence-corrected chi connectivity index (χ0v) is 17.2. The molecule has 0 spiro atoms. The highest BCUT2D eigenvalue weighted by molar-refractivity contribution is 7.92. The van der Waals surface area contributed by atoms with Crippen LogP contribution in [0.2, 0.25) is 0 Å². The largest absolute Gasteiger partial charge is 0.319 e. The van der Waals surface area contributed by atoms with E-state index < -0.39 is 10.0 Å². The summed E-state index contributed by atoms with van der Waals surface area (Å²) in [7, 11) is -3.74. The molecule has 0 radical (unpaired) electrons. The standard InChI is InChI=1S/C21H22N4O3S/c1-21(2,3)20-22-13-17(14-23-20)24-19(26)15-9-11-18(12-10-15)29(27,28)25-16-7-5-4-6-8-16/h4-14,25H,1-3H3,(H,24,26). The summed E-state index contributed by atoms with van der Waals surface area (Å²) in [4.78, 5) is 21.0. The van der Waals surface area contributed by atoms with Crippen molar-refractivity contribution in [1.82, 2.24) is 9.97 Å². The van der Waals surface area contributed by atoms with Crippen molar-refractivity contribution in [3.05, 3.63) is 78.4 Å². The van der Waals surface area contributed by atoms with Crippen LogP contribution in [0.4, 0.5) is 11.4 Å². The molecule has 0 aliphatic carbocycles. The molecule has 8 heteroatoms. The third-order valence-electron chi connectivity index (χ3n) is 4.03. The topological polar surface area (TPSA) is 101 Å². The van der Waals surface area contributed by atoms with Gasteiger partial charge in [-0.1, -0.05) is 39.0 Å². The van der Waals surface area contributed by atoms with Crippen molar-refractivity contribution >= 4 is 27.3 Å². The second kappa shape index (κ2) is 8.00. The molecule has 0 saturated carbocycles. The van der Waals surface area contributed by atoms with Crippen molar-refractivity contribution in [1.29, 1.82) is 0 Å². The molecule has 0 aliphatic heterocycles. The Bertz CT molecular complexity index is 1090. The van der Waals surface area contributed by atoms with E-state index in [9.17, 15) is 13.2 Å². The van der Waals surface area contributed by atoms with Crippen LogP contribution in [-0.2, 0) is 15.4 Å². The normalized spacial score (nSPS) is 11.7. The Morgan fingerprint density at radius 1 is 0.862 bits per heavy atom. The Balaban J connectivity index is 1.70. The van der Waals surface area contributed by atoms with Crippen LogP contribution < -0.4 is 10.0 Å². The molecule has 3 aromatic rings. The smallest absolute Gasteiger partial charge is 0.261 e. The zero-order valence-electron chi connectivity index (χ0n) is 16.4. The molecular weight excluding hydrogens is 388 g/mol. The fraction of sp³-hybridized carbons (Fsp3) is 0.190. The van der Waals surface area contributed by atoms with Gasteiger partial charge in [0.15, 0.2) is 0 Å². The Morgan fingerprint density at radius 2 is 1.45 bits per heavy atom. The van der Waals surface area contributed by atoms with E-state index in [0.29, 0.717) is 22.8 Å². The van der Waals surface area contributed by atoms with Crippen molar-refractivity contribution in [3.63, 3.8) is 0 Å². The highest BCUT2D eigenvalue weighted by Gasteiger charge is 2.18. The number of benzene rings is 2. The van der Waals surface area contributed by atoms with E-state index in [1.165, 1.54) is 24.3 Å². The number of hydrogen-bond donors (Lipinski definition) is 2. The summed E-state index contributed by atoms with van der Waals surface area (Å²) in [5.74, 6) is 0.299.